The summed E-state index contributed by atoms with van der Waals surface area (Å²) in [5, 5.41) is 7.44. The van der Waals surface area contributed by atoms with E-state index in [9.17, 15) is 0 Å². The molecule has 0 amide bonds. The van der Waals surface area contributed by atoms with Crippen molar-refractivity contribution < 1.29 is 9.37 Å². The maximum absolute atomic E-state index is 5.41. The van der Waals surface area contributed by atoms with Crippen LogP contribution in [0, 0.1) is 12.3 Å². The molecule has 0 saturated heterocycles. The van der Waals surface area contributed by atoms with Crippen molar-refractivity contribution in [3.63, 3.8) is 0 Å². The van der Waals surface area contributed by atoms with Crippen LogP contribution in [0.5, 0.6) is 5.75 Å². The topological polar surface area (TPSA) is 48.2 Å². The van der Waals surface area contributed by atoms with Crippen molar-refractivity contribution in [1.29, 1.82) is 0 Å². The van der Waals surface area contributed by atoms with Gasteiger partial charge in [-0.15, -0.1) is 12.3 Å². The third-order valence-electron chi connectivity index (χ3n) is 1.75. The molecule has 0 N–H and O–H groups in total. The van der Waals surface area contributed by atoms with E-state index in [0.717, 1.165) is 0 Å². The molecule has 1 aromatic heterocycles. The molecule has 0 radical (unpaired) electrons. The number of rotatable bonds is 3. The molecule has 4 heteroatoms. The summed E-state index contributed by atoms with van der Waals surface area (Å²) in [6.45, 7) is 0.475. The van der Waals surface area contributed by atoms with Crippen LogP contribution in [-0.4, -0.2) is 16.9 Å². The molecule has 0 unspecified atom stereocenters. The van der Waals surface area contributed by atoms with Crippen molar-refractivity contribution in [3.8, 4) is 18.1 Å². The zero-order valence-electron chi connectivity index (χ0n) is 7.43. The van der Waals surface area contributed by atoms with Crippen molar-refractivity contribution >= 4 is 11.0 Å². The van der Waals surface area contributed by atoms with Crippen LogP contribution in [0.4, 0.5) is 0 Å². The normalized spacial score (nSPS) is 9.93. The molecular formula is C10H8N2O2. The largest absolute Gasteiger partial charge is 0.490 e. The second kappa shape index (κ2) is 3.79. The molecule has 1 aromatic carbocycles. The number of terminal acetylenes is 1. The fourth-order valence-electron chi connectivity index (χ4n) is 1.12. The van der Waals surface area contributed by atoms with Crippen LogP contribution in [0.1, 0.15) is 6.42 Å². The molecule has 2 aromatic rings. The van der Waals surface area contributed by atoms with Gasteiger partial charge in [0.2, 0.25) is 0 Å². The molecule has 2 rings (SSSR count). The SMILES string of the molecule is C#CCCOc1cccc2nonc12. The van der Waals surface area contributed by atoms with Crippen molar-refractivity contribution in [2.24, 2.45) is 0 Å². The first-order valence-corrected chi connectivity index (χ1v) is 4.19. The Kier molecular flexibility index (Phi) is 2.32. The summed E-state index contributed by atoms with van der Waals surface area (Å²) in [5.41, 5.74) is 1.31. The highest BCUT2D eigenvalue weighted by Gasteiger charge is 2.06. The van der Waals surface area contributed by atoms with Crippen molar-refractivity contribution in [2.75, 3.05) is 6.61 Å². The molecule has 4 nitrogen and oxygen atoms in total. The lowest BCUT2D eigenvalue weighted by Crippen LogP contribution is -1.96. The van der Waals surface area contributed by atoms with E-state index in [2.05, 4.69) is 20.9 Å². The molecule has 0 aliphatic heterocycles. The summed E-state index contributed by atoms with van der Waals surface area (Å²) in [7, 11) is 0. The Morgan fingerprint density at radius 1 is 1.43 bits per heavy atom. The van der Waals surface area contributed by atoms with Crippen molar-refractivity contribution in [2.45, 2.75) is 6.42 Å². The Hall–Kier alpha value is -2.02. The molecular weight excluding hydrogens is 180 g/mol. The minimum Gasteiger partial charge on any atom is -0.490 e. The Balaban J connectivity index is 2.24. The van der Waals surface area contributed by atoms with Crippen molar-refractivity contribution in [1.82, 2.24) is 10.3 Å². The molecule has 0 aliphatic rings. The second-order valence-corrected chi connectivity index (χ2v) is 2.69. The molecule has 0 fully saturated rings. The third-order valence-corrected chi connectivity index (χ3v) is 1.75. The van der Waals surface area contributed by atoms with Crippen LogP contribution >= 0.6 is 0 Å². The predicted octanol–water partition coefficient (Wildman–Crippen LogP) is 1.62. The number of hydrogen-bond acceptors (Lipinski definition) is 4. The lowest BCUT2D eigenvalue weighted by molar-refractivity contribution is 0.308. The summed E-state index contributed by atoms with van der Waals surface area (Å²) in [5.74, 6) is 3.15. The van der Waals surface area contributed by atoms with Crippen molar-refractivity contribution in [3.05, 3.63) is 18.2 Å². The number of fused-ring (bicyclic) bond motifs is 1. The summed E-state index contributed by atoms with van der Waals surface area (Å²) < 4.78 is 10.0. The van der Waals surface area contributed by atoms with Gasteiger partial charge in [0.1, 0.15) is 5.52 Å². The summed E-state index contributed by atoms with van der Waals surface area (Å²) in [6, 6.07) is 5.45. The first kappa shape index (κ1) is 8.57. The Morgan fingerprint density at radius 3 is 3.21 bits per heavy atom. The Bertz CT molecular complexity index is 470. The smallest absolute Gasteiger partial charge is 0.177 e. The highest BCUT2D eigenvalue weighted by molar-refractivity contribution is 5.79. The molecule has 0 spiro atoms. The predicted molar refractivity (Wildman–Crippen MR) is 50.7 cm³/mol. The van der Waals surface area contributed by atoms with E-state index in [1.54, 1.807) is 6.07 Å². The monoisotopic (exact) mass is 188 g/mol. The zero-order valence-corrected chi connectivity index (χ0v) is 7.43. The minimum atomic E-state index is 0.475. The number of nitrogens with zero attached hydrogens (tertiary/aromatic N) is 2. The lowest BCUT2D eigenvalue weighted by Gasteiger charge is -2.02. The first-order chi connectivity index (χ1) is 6.92. The number of ether oxygens (including phenoxy) is 1. The van der Waals surface area contributed by atoms with Gasteiger partial charge in [-0.1, -0.05) is 6.07 Å². The van der Waals surface area contributed by atoms with Gasteiger partial charge in [-0.3, -0.25) is 0 Å². The average molecular weight is 188 g/mol. The van der Waals surface area contributed by atoms with Crippen LogP contribution in [0.3, 0.4) is 0 Å². The first-order valence-electron chi connectivity index (χ1n) is 4.19. The summed E-state index contributed by atoms with van der Waals surface area (Å²) in [4.78, 5) is 0. The van der Waals surface area contributed by atoms with E-state index >= 15 is 0 Å². The van der Waals surface area contributed by atoms with Crippen LogP contribution in [0.25, 0.3) is 11.0 Å². The maximum Gasteiger partial charge on any atom is 0.177 e. The minimum absolute atomic E-state index is 0.475. The van der Waals surface area contributed by atoms with E-state index in [0.29, 0.717) is 29.8 Å². The molecule has 0 bridgehead atoms. The molecule has 1 heterocycles. The Labute approximate surface area is 80.8 Å². The van der Waals surface area contributed by atoms with Gasteiger partial charge in [-0.25, -0.2) is 4.63 Å². The number of aromatic nitrogens is 2. The second-order valence-electron chi connectivity index (χ2n) is 2.69. The van der Waals surface area contributed by atoms with Gasteiger partial charge >= 0.3 is 0 Å². The number of benzene rings is 1. The van der Waals surface area contributed by atoms with Gasteiger partial charge in [0.25, 0.3) is 0 Å². The number of hydrogen-bond donors (Lipinski definition) is 0. The average Bonchev–Trinajstić information content (AvgIpc) is 2.67. The summed E-state index contributed by atoms with van der Waals surface area (Å²) >= 11 is 0. The van der Waals surface area contributed by atoms with E-state index < -0.39 is 0 Å². The van der Waals surface area contributed by atoms with Gasteiger partial charge in [0.15, 0.2) is 11.3 Å². The quantitative estimate of drug-likeness (QED) is 0.542. The van der Waals surface area contributed by atoms with E-state index in [1.807, 2.05) is 12.1 Å². The van der Waals surface area contributed by atoms with E-state index in [-0.39, 0.29) is 0 Å². The standard InChI is InChI=1S/C10H8N2O2/c1-2-3-7-13-9-6-4-5-8-10(9)12-14-11-8/h1,4-6H,3,7H2. The fraction of sp³-hybridized carbons (Fsp3) is 0.200. The lowest BCUT2D eigenvalue weighted by atomic mass is 10.3. The Morgan fingerprint density at radius 2 is 2.36 bits per heavy atom. The van der Waals surface area contributed by atoms with Gasteiger partial charge in [-0.05, 0) is 22.4 Å². The molecule has 70 valence electrons. The van der Waals surface area contributed by atoms with Gasteiger partial charge in [-0.2, -0.15) is 0 Å². The highest BCUT2D eigenvalue weighted by atomic mass is 16.6. The van der Waals surface area contributed by atoms with Gasteiger partial charge < -0.3 is 4.74 Å². The molecule has 0 aliphatic carbocycles. The highest BCUT2D eigenvalue weighted by Crippen LogP contribution is 2.21. The third kappa shape index (κ3) is 1.52. The van der Waals surface area contributed by atoms with Gasteiger partial charge in [0.05, 0.1) is 6.61 Å². The van der Waals surface area contributed by atoms with Crippen LogP contribution in [0.15, 0.2) is 22.8 Å². The summed E-state index contributed by atoms with van der Waals surface area (Å²) in [6.07, 6.45) is 5.68. The van der Waals surface area contributed by atoms with Crippen LogP contribution < -0.4 is 4.74 Å². The van der Waals surface area contributed by atoms with E-state index in [1.165, 1.54) is 0 Å². The van der Waals surface area contributed by atoms with Crippen LogP contribution in [0.2, 0.25) is 0 Å². The fourth-order valence-corrected chi connectivity index (χ4v) is 1.12. The molecule has 0 saturated carbocycles. The molecule has 14 heavy (non-hydrogen) atoms. The maximum atomic E-state index is 5.41. The zero-order chi connectivity index (χ0) is 9.80. The van der Waals surface area contributed by atoms with E-state index in [4.69, 9.17) is 11.2 Å². The van der Waals surface area contributed by atoms with Crippen LogP contribution in [-0.2, 0) is 0 Å². The van der Waals surface area contributed by atoms with Gasteiger partial charge in [0, 0.05) is 6.42 Å². The molecule has 0 atom stereocenters.